The van der Waals surface area contributed by atoms with Gasteiger partial charge >= 0.3 is 0 Å². The van der Waals surface area contributed by atoms with Crippen LogP contribution < -0.4 is 20.1 Å². The zero-order chi connectivity index (χ0) is 35.0. The average Bonchev–Trinajstić information content (AvgIpc) is 3.05. The van der Waals surface area contributed by atoms with Crippen LogP contribution in [-0.2, 0) is 10.0 Å². The Labute approximate surface area is 291 Å². The molecule has 4 aromatic rings. The highest BCUT2D eigenvalue weighted by atomic mass is 35.5. The molecule has 0 radical (unpaired) electrons. The second kappa shape index (κ2) is 16.3. The zero-order valence-electron chi connectivity index (χ0n) is 26.7. The quantitative estimate of drug-likeness (QED) is 0.196. The van der Waals surface area contributed by atoms with Crippen LogP contribution in [0.2, 0.25) is 10.0 Å². The Balaban J connectivity index is 0.000000500. The van der Waals surface area contributed by atoms with Gasteiger partial charge < -0.3 is 20.9 Å². The van der Waals surface area contributed by atoms with Gasteiger partial charge in [-0.15, -0.1) is 0 Å². The molecule has 1 heterocycles. The van der Waals surface area contributed by atoms with Gasteiger partial charge in [-0.05, 0) is 66.6 Å². The number of halogens is 2. The molecule has 0 aliphatic carbocycles. The van der Waals surface area contributed by atoms with Gasteiger partial charge in [0, 0.05) is 46.4 Å². The van der Waals surface area contributed by atoms with E-state index in [9.17, 15) is 23.1 Å². The first kappa shape index (κ1) is 36.7. The van der Waals surface area contributed by atoms with Crippen molar-refractivity contribution < 1.29 is 27.9 Å². The third-order valence-corrected chi connectivity index (χ3v) is 9.40. The number of anilines is 1. The smallest absolute Gasteiger partial charge is 0.251 e. The summed E-state index contributed by atoms with van der Waals surface area (Å²) in [4.78, 5) is 25.4. The third-order valence-electron chi connectivity index (χ3n) is 7.67. The van der Waals surface area contributed by atoms with Crippen molar-refractivity contribution in [2.24, 2.45) is 5.73 Å². The van der Waals surface area contributed by atoms with E-state index in [1.165, 1.54) is 23.5 Å². The lowest BCUT2D eigenvalue weighted by atomic mass is 9.93. The summed E-state index contributed by atoms with van der Waals surface area (Å²) in [5.74, 6) is -0.471. The van der Waals surface area contributed by atoms with Crippen molar-refractivity contribution in [3.8, 4) is 5.75 Å². The van der Waals surface area contributed by atoms with Crippen LogP contribution in [0, 0.1) is 0 Å². The lowest BCUT2D eigenvalue weighted by Crippen LogP contribution is -2.61. The maximum atomic E-state index is 13.1. The number of carbonyl (C=O) groups is 2. The monoisotopic (exact) mass is 712 g/mol. The molecular formula is C35H38Cl2N4O6S. The van der Waals surface area contributed by atoms with Crippen molar-refractivity contribution >= 4 is 50.7 Å². The number of hydrogen-bond acceptors (Lipinski definition) is 7. The van der Waals surface area contributed by atoms with Crippen LogP contribution in [0.5, 0.6) is 5.75 Å². The van der Waals surface area contributed by atoms with Crippen LogP contribution in [0.3, 0.4) is 0 Å². The summed E-state index contributed by atoms with van der Waals surface area (Å²) in [5.41, 5.74) is 8.13. The molecule has 5 rings (SSSR count). The van der Waals surface area contributed by atoms with E-state index in [1.807, 2.05) is 54.6 Å². The summed E-state index contributed by atoms with van der Waals surface area (Å²) in [6.45, 7) is 2.34. The van der Waals surface area contributed by atoms with Crippen LogP contribution in [0.25, 0.3) is 0 Å². The van der Waals surface area contributed by atoms with E-state index in [1.54, 1.807) is 37.3 Å². The normalized spacial score (nSPS) is 13.9. The number of carbonyl (C=O) groups excluding carboxylic acids is 2. The van der Waals surface area contributed by atoms with Crippen LogP contribution in [0.15, 0.2) is 97.1 Å². The fourth-order valence-corrected chi connectivity index (χ4v) is 6.75. The molecule has 0 bridgehead atoms. The highest BCUT2D eigenvalue weighted by Crippen LogP contribution is 2.37. The number of nitrogens with one attached hydrogen (secondary N) is 1. The van der Waals surface area contributed by atoms with Crippen molar-refractivity contribution in [2.75, 3.05) is 37.4 Å². The molecule has 13 heteroatoms. The Kier molecular flexibility index (Phi) is 12.5. The van der Waals surface area contributed by atoms with E-state index in [4.69, 9.17) is 33.7 Å². The summed E-state index contributed by atoms with van der Waals surface area (Å²) >= 11 is 12.3. The average molecular weight is 714 g/mol. The number of primary amides is 1. The lowest BCUT2D eigenvalue weighted by molar-refractivity contribution is 0.0921. The largest absolute Gasteiger partial charge is 0.497 e. The van der Waals surface area contributed by atoms with E-state index in [0.717, 1.165) is 17.4 Å². The number of methoxy groups -OCH3 is 1. The van der Waals surface area contributed by atoms with E-state index >= 15 is 0 Å². The molecule has 0 saturated carbocycles. The standard InChI is InChI=1S/C28H31Cl2N3O5S.C7H7NO/c1-18(17-34)31-28(35)21-12-24(14-26(13-21)38-2)33(39(3,36)37)25-15-32(16-25)27(19-4-8-22(29)9-5-19)20-6-10-23(30)11-7-20;8-7(9)6-4-2-1-3-5-6/h4-14,18,25,27,34H,15-17H2,1-3H3,(H,31,35);1-5H,(H2,8,9)/t18-;/m0./s1. The number of likely N-dealkylation sites (tertiary alicyclic amines) is 1. The highest BCUT2D eigenvalue weighted by molar-refractivity contribution is 7.92. The number of aliphatic hydroxyl groups is 1. The van der Waals surface area contributed by atoms with Gasteiger partial charge in [-0.1, -0.05) is 65.7 Å². The predicted octanol–water partition coefficient (Wildman–Crippen LogP) is 5.14. The molecule has 4 N–H and O–H groups in total. The predicted molar refractivity (Wildman–Crippen MR) is 189 cm³/mol. The summed E-state index contributed by atoms with van der Waals surface area (Å²) < 4.78 is 32.9. The molecule has 0 aromatic heterocycles. The minimum Gasteiger partial charge on any atom is -0.497 e. The van der Waals surface area contributed by atoms with E-state index in [-0.39, 0.29) is 30.2 Å². The molecule has 1 fully saturated rings. The number of sulfonamides is 1. The van der Waals surface area contributed by atoms with Crippen molar-refractivity contribution in [1.82, 2.24) is 10.2 Å². The number of nitrogens with zero attached hydrogens (tertiary/aromatic N) is 2. The van der Waals surface area contributed by atoms with Gasteiger partial charge in [0.15, 0.2) is 0 Å². The van der Waals surface area contributed by atoms with Crippen LogP contribution in [0.4, 0.5) is 5.69 Å². The molecule has 0 spiro atoms. The summed E-state index contributed by atoms with van der Waals surface area (Å²) in [7, 11) is -2.26. The van der Waals surface area contributed by atoms with Gasteiger partial charge in [-0.3, -0.25) is 18.8 Å². The Bertz CT molecular complexity index is 1760. The van der Waals surface area contributed by atoms with Crippen molar-refractivity contribution in [3.63, 3.8) is 0 Å². The number of benzene rings is 4. The Morgan fingerprint density at radius 1 is 0.938 bits per heavy atom. The molecule has 254 valence electrons. The molecule has 48 heavy (non-hydrogen) atoms. The van der Waals surface area contributed by atoms with Gasteiger partial charge in [0.05, 0.1) is 37.7 Å². The summed E-state index contributed by atoms with van der Waals surface area (Å²) in [5, 5.41) is 13.3. The number of aliphatic hydroxyl groups excluding tert-OH is 1. The van der Waals surface area contributed by atoms with Crippen molar-refractivity contribution in [2.45, 2.75) is 25.0 Å². The maximum Gasteiger partial charge on any atom is 0.251 e. The van der Waals surface area contributed by atoms with Crippen LogP contribution in [-0.4, -0.2) is 75.4 Å². The summed E-state index contributed by atoms with van der Waals surface area (Å²) in [6, 6.07) is 27.6. The third kappa shape index (κ3) is 9.48. The highest BCUT2D eigenvalue weighted by Gasteiger charge is 2.41. The lowest BCUT2D eigenvalue weighted by Gasteiger charge is -2.48. The van der Waals surface area contributed by atoms with Crippen molar-refractivity contribution in [3.05, 3.63) is 129 Å². The number of rotatable bonds is 11. The number of ether oxygens (including phenoxy) is 1. The van der Waals surface area contributed by atoms with Crippen LogP contribution >= 0.6 is 23.2 Å². The number of nitrogens with two attached hydrogens (primary N) is 1. The molecule has 0 unspecified atom stereocenters. The van der Waals surface area contributed by atoms with Gasteiger partial charge in [0.2, 0.25) is 15.9 Å². The van der Waals surface area contributed by atoms with Crippen LogP contribution in [0.1, 0.15) is 44.8 Å². The molecule has 1 saturated heterocycles. The summed E-state index contributed by atoms with van der Waals surface area (Å²) in [6.07, 6.45) is 1.15. The minimum atomic E-state index is -3.72. The topological polar surface area (TPSA) is 142 Å². The van der Waals surface area contributed by atoms with E-state index in [0.29, 0.717) is 40.1 Å². The first-order valence-electron chi connectivity index (χ1n) is 15.0. The van der Waals surface area contributed by atoms with Gasteiger partial charge in [-0.2, -0.15) is 0 Å². The molecule has 1 aliphatic rings. The Morgan fingerprint density at radius 3 is 1.92 bits per heavy atom. The fourth-order valence-electron chi connectivity index (χ4n) is 5.34. The second-order valence-electron chi connectivity index (χ2n) is 11.4. The zero-order valence-corrected chi connectivity index (χ0v) is 29.0. The molecule has 1 aliphatic heterocycles. The molecule has 10 nitrogen and oxygen atoms in total. The Morgan fingerprint density at radius 2 is 1.48 bits per heavy atom. The van der Waals surface area contributed by atoms with E-state index in [2.05, 4.69) is 10.2 Å². The first-order chi connectivity index (χ1) is 22.8. The van der Waals surface area contributed by atoms with Crippen molar-refractivity contribution in [1.29, 1.82) is 0 Å². The molecule has 1 atom stereocenters. The number of amides is 2. The Hall–Kier alpha value is -4.13. The second-order valence-corrected chi connectivity index (χ2v) is 14.1. The van der Waals surface area contributed by atoms with Gasteiger partial charge in [-0.25, -0.2) is 8.42 Å². The van der Waals surface area contributed by atoms with E-state index < -0.39 is 22.0 Å². The number of hydrogen-bond donors (Lipinski definition) is 3. The minimum absolute atomic E-state index is 0.135. The first-order valence-corrected chi connectivity index (χ1v) is 17.6. The van der Waals surface area contributed by atoms with Gasteiger partial charge in [0.25, 0.3) is 5.91 Å². The fraction of sp³-hybridized carbons (Fsp3) is 0.257. The molecule has 2 amide bonds. The maximum absolute atomic E-state index is 13.1. The molecular weight excluding hydrogens is 675 g/mol. The molecule has 4 aromatic carbocycles. The SMILES string of the molecule is COc1cc(C(=O)N[C@@H](C)CO)cc(N(C2CN(C(c3ccc(Cl)cc3)c3ccc(Cl)cc3)C2)S(C)(=O)=O)c1.NC(=O)c1ccccc1. The van der Waals surface area contributed by atoms with Gasteiger partial charge in [0.1, 0.15) is 5.75 Å².